The summed E-state index contributed by atoms with van der Waals surface area (Å²) in [5.74, 6) is -0.113. The Bertz CT molecular complexity index is 274. The zero-order valence-corrected chi connectivity index (χ0v) is 9.88. The number of nitrogens with zero attached hydrogens (tertiary/aromatic N) is 1. The number of hydrogen-bond donors (Lipinski definition) is 3. The Kier molecular flexibility index (Phi) is 4.12. The lowest BCUT2D eigenvalue weighted by atomic mass is 9.77. The molecule has 6 nitrogen and oxygen atoms in total. The lowest BCUT2D eigenvalue weighted by Crippen LogP contribution is -2.59. The Balaban J connectivity index is 2.11. The third-order valence-corrected chi connectivity index (χ3v) is 2.79. The van der Waals surface area contributed by atoms with E-state index < -0.39 is 5.54 Å². The van der Waals surface area contributed by atoms with Gasteiger partial charge in [-0.1, -0.05) is 0 Å². The van der Waals surface area contributed by atoms with E-state index in [0.717, 1.165) is 19.3 Å². The predicted octanol–water partition coefficient (Wildman–Crippen LogP) is -0.745. The molecule has 0 saturated heterocycles. The summed E-state index contributed by atoms with van der Waals surface area (Å²) in [7, 11) is 3.33. The highest BCUT2D eigenvalue weighted by molar-refractivity contribution is 5.87. The fourth-order valence-corrected chi connectivity index (χ4v) is 1.46. The number of nitrogens with two attached hydrogens (primary N) is 1. The first-order chi connectivity index (χ1) is 7.46. The smallest absolute Gasteiger partial charge is 0.316 e. The maximum absolute atomic E-state index is 11.6. The van der Waals surface area contributed by atoms with Gasteiger partial charge in [0.15, 0.2) is 0 Å². The number of rotatable bonds is 4. The average Bonchev–Trinajstić information content (AvgIpc) is 2.19. The van der Waals surface area contributed by atoms with E-state index in [1.54, 1.807) is 14.1 Å². The van der Waals surface area contributed by atoms with Crippen LogP contribution in [0.2, 0.25) is 0 Å². The highest BCUT2D eigenvalue weighted by Crippen LogP contribution is 2.28. The molecule has 0 atom stereocenters. The van der Waals surface area contributed by atoms with Gasteiger partial charge >= 0.3 is 6.03 Å². The summed E-state index contributed by atoms with van der Waals surface area (Å²) in [6.45, 7) is 0.830. The molecule has 4 N–H and O–H groups in total. The average molecular weight is 228 g/mol. The highest BCUT2D eigenvalue weighted by atomic mass is 16.2. The molecular weight excluding hydrogens is 208 g/mol. The van der Waals surface area contributed by atoms with Gasteiger partial charge in [0.05, 0.1) is 5.54 Å². The van der Waals surface area contributed by atoms with Crippen LogP contribution in [0.5, 0.6) is 0 Å². The third kappa shape index (κ3) is 3.10. The van der Waals surface area contributed by atoms with Gasteiger partial charge in [-0.3, -0.25) is 4.79 Å². The maximum atomic E-state index is 11.6. The molecule has 0 radical (unpaired) electrons. The van der Waals surface area contributed by atoms with E-state index >= 15 is 0 Å². The number of hydrogen-bond acceptors (Lipinski definition) is 3. The molecule has 0 heterocycles. The van der Waals surface area contributed by atoms with E-state index in [0.29, 0.717) is 13.1 Å². The van der Waals surface area contributed by atoms with Crippen LogP contribution < -0.4 is 16.4 Å². The summed E-state index contributed by atoms with van der Waals surface area (Å²) in [6.07, 6.45) is 2.52. The van der Waals surface area contributed by atoms with Crippen molar-refractivity contribution in [3.63, 3.8) is 0 Å². The van der Waals surface area contributed by atoms with Crippen LogP contribution in [0.3, 0.4) is 0 Å². The summed E-state index contributed by atoms with van der Waals surface area (Å²) in [4.78, 5) is 24.1. The molecule has 0 aromatic heterocycles. The molecule has 1 aliphatic carbocycles. The molecule has 16 heavy (non-hydrogen) atoms. The van der Waals surface area contributed by atoms with Gasteiger partial charge in [-0.25, -0.2) is 4.79 Å². The second kappa shape index (κ2) is 5.16. The quantitative estimate of drug-likeness (QED) is 0.554. The van der Waals surface area contributed by atoms with E-state index in [1.807, 2.05) is 0 Å². The SMILES string of the molecule is CN(C)C(=O)NCCNC(=O)C1(N)CCC1. The minimum atomic E-state index is -0.661. The van der Waals surface area contributed by atoms with Crippen molar-refractivity contribution in [1.82, 2.24) is 15.5 Å². The van der Waals surface area contributed by atoms with Gasteiger partial charge in [0, 0.05) is 27.2 Å². The summed E-state index contributed by atoms with van der Waals surface area (Å²) >= 11 is 0. The van der Waals surface area contributed by atoms with E-state index in [4.69, 9.17) is 5.73 Å². The van der Waals surface area contributed by atoms with Gasteiger partial charge in [-0.05, 0) is 19.3 Å². The van der Waals surface area contributed by atoms with Crippen LogP contribution in [0.15, 0.2) is 0 Å². The molecule has 0 aromatic carbocycles. The standard InChI is InChI=1S/C10H20N4O2/c1-14(2)9(16)13-7-6-12-8(15)10(11)4-3-5-10/h3-7,11H2,1-2H3,(H,12,15)(H,13,16). The van der Waals surface area contributed by atoms with Crippen LogP contribution in [0, 0.1) is 0 Å². The summed E-state index contributed by atoms with van der Waals surface area (Å²) in [5.41, 5.74) is 5.17. The van der Waals surface area contributed by atoms with Crippen LogP contribution in [-0.2, 0) is 4.79 Å². The molecule has 1 fully saturated rings. The monoisotopic (exact) mass is 228 g/mol. The van der Waals surface area contributed by atoms with Crippen LogP contribution in [-0.4, -0.2) is 49.6 Å². The van der Waals surface area contributed by atoms with Gasteiger partial charge in [-0.2, -0.15) is 0 Å². The van der Waals surface area contributed by atoms with Crippen molar-refractivity contribution in [2.45, 2.75) is 24.8 Å². The zero-order chi connectivity index (χ0) is 12.2. The minimum absolute atomic E-state index is 0.113. The molecule has 6 heteroatoms. The molecule has 1 aliphatic rings. The minimum Gasteiger partial charge on any atom is -0.353 e. The first-order valence-corrected chi connectivity index (χ1v) is 5.48. The van der Waals surface area contributed by atoms with Crippen LogP contribution >= 0.6 is 0 Å². The van der Waals surface area contributed by atoms with Crippen molar-refractivity contribution >= 4 is 11.9 Å². The molecule has 92 valence electrons. The Morgan fingerprint density at radius 2 is 1.81 bits per heavy atom. The highest BCUT2D eigenvalue weighted by Gasteiger charge is 2.39. The summed E-state index contributed by atoms with van der Waals surface area (Å²) in [5, 5.41) is 5.38. The zero-order valence-electron chi connectivity index (χ0n) is 9.88. The van der Waals surface area contributed by atoms with E-state index in [1.165, 1.54) is 4.90 Å². The second-order valence-electron chi connectivity index (χ2n) is 4.39. The maximum Gasteiger partial charge on any atom is 0.316 e. The normalized spacial score (nSPS) is 17.2. The van der Waals surface area contributed by atoms with Gasteiger partial charge in [0.25, 0.3) is 0 Å². The Morgan fingerprint density at radius 1 is 1.25 bits per heavy atom. The molecule has 1 rings (SSSR count). The Hall–Kier alpha value is -1.30. The van der Waals surface area contributed by atoms with Crippen molar-refractivity contribution in [1.29, 1.82) is 0 Å². The molecule has 0 unspecified atom stereocenters. The van der Waals surface area contributed by atoms with E-state index in [2.05, 4.69) is 10.6 Å². The first-order valence-electron chi connectivity index (χ1n) is 5.48. The second-order valence-corrected chi connectivity index (χ2v) is 4.39. The number of nitrogens with one attached hydrogen (secondary N) is 2. The molecule has 0 bridgehead atoms. The van der Waals surface area contributed by atoms with Gasteiger partial charge in [0.1, 0.15) is 0 Å². The summed E-state index contributed by atoms with van der Waals surface area (Å²) < 4.78 is 0. The van der Waals surface area contributed by atoms with Crippen molar-refractivity contribution in [3.05, 3.63) is 0 Å². The predicted molar refractivity (Wildman–Crippen MR) is 60.9 cm³/mol. The first kappa shape index (κ1) is 12.8. The number of amides is 3. The van der Waals surface area contributed by atoms with E-state index in [-0.39, 0.29) is 11.9 Å². The molecule has 0 spiro atoms. The lowest BCUT2D eigenvalue weighted by Gasteiger charge is -2.36. The molecule has 3 amide bonds. The van der Waals surface area contributed by atoms with Crippen molar-refractivity contribution in [2.75, 3.05) is 27.2 Å². The third-order valence-electron chi connectivity index (χ3n) is 2.79. The fraction of sp³-hybridized carbons (Fsp3) is 0.800. The summed E-state index contributed by atoms with van der Waals surface area (Å²) in [6, 6.07) is -0.166. The fourth-order valence-electron chi connectivity index (χ4n) is 1.46. The number of carbonyl (C=O) groups is 2. The van der Waals surface area contributed by atoms with Crippen molar-refractivity contribution in [3.8, 4) is 0 Å². The molecule has 1 saturated carbocycles. The Labute approximate surface area is 95.5 Å². The Morgan fingerprint density at radius 3 is 2.25 bits per heavy atom. The number of urea groups is 1. The van der Waals surface area contributed by atoms with Gasteiger partial charge in [0.2, 0.25) is 5.91 Å². The van der Waals surface area contributed by atoms with Crippen LogP contribution in [0.1, 0.15) is 19.3 Å². The van der Waals surface area contributed by atoms with E-state index in [9.17, 15) is 9.59 Å². The topological polar surface area (TPSA) is 87.5 Å². The molecule has 0 aliphatic heterocycles. The molecule has 0 aromatic rings. The number of carbonyl (C=O) groups excluding carboxylic acids is 2. The largest absolute Gasteiger partial charge is 0.353 e. The van der Waals surface area contributed by atoms with Crippen LogP contribution in [0.25, 0.3) is 0 Å². The van der Waals surface area contributed by atoms with Crippen molar-refractivity contribution < 1.29 is 9.59 Å². The molecular formula is C10H20N4O2. The van der Waals surface area contributed by atoms with Gasteiger partial charge < -0.3 is 21.3 Å². The van der Waals surface area contributed by atoms with Crippen molar-refractivity contribution in [2.24, 2.45) is 5.73 Å². The lowest BCUT2D eigenvalue weighted by molar-refractivity contribution is -0.129. The van der Waals surface area contributed by atoms with Crippen LogP contribution in [0.4, 0.5) is 4.79 Å². The van der Waals surface area contributed by atoms with Gasteiger partial charge in [-0.15, -0.1) is 0 Å².